The number of aromatic hydroxyl groups is 1. The summed E-state index contributed by atoms with van der Waals surface area (Å²) in [6.07, 6.45) is 0. The third-order valence-corrected chi connectivity index (χ3v) is 3.83. The Balaban J connectivity index is 1.92. The molecule has 23 heavy (non-hydrogen) atoms. The zero-order valence-electron chi connectivity index (χ0n) is 12.6. The van der Waals surface area contributed by atoms with Crippen molar-refractivity contribution in [2.45, 2.75) is 0 Å². The first kappa shape index (κ1) is 15.3. The number of nitrogens with two attached hydrogens (primary N) is 1. The van der Waals surface area contributed by atoms with Gasteiger partial charge in [-0.05, 0) is 42.5 Å². The Morgan fingerprint density at radius 1 is 1.26 bits per heavy atom. The average Bonchev–Trinajstić information content (AvgIpc) is 2.90. The number of hydrogen-bond acceptors (Lipinski definition) is 4. The van der Waals surface area contributed by atoms with Crippen LogP contribution in [0.2, 0.25) is 5.02 Å². The highest BCUT2D eigenvalue weighted by atomic mass is 35.5. The fraction of sp³-hybridized carbons (Fsp3) is 0.167. The molecule has 0 aliphatic carbocycles. The van der Waals surface area contributed by atoms with Crippen LogP contribution in [-0.4, -0.2) is 29.4 Å². The van der Waals surface area contributed by atoms with Crippen LogP contribution in [0, 0.1) is 17.8 Å². The molecule has 5 heteroatoms. The Hall–Kier alpha value is -2.64. The fourth-order valence-electron chi connectivity index (χ4n) is 2.45. The smallest absolute Gasteiger partial charge is 0.124 e. The van der Waals surface area contributed by atoms with E-state index in [1.165, 1.54) is 0 Å². The third-order valence-electron chi connectivity index (χ3n) is 3.59. The summed E-state index contributed by atoms with van der Waals surface area (Å²) in [5.41, 5.74) is 8.64. The number of phenolic OH excluding ortho intramolecular Hbond substituents is 1. The van der Waals surface area contributed by atoms with Crippen LogP contribution >= 0.6 is 11.6 Å². The molecule has 1 unspecified atom stereocenters. The standard InChI is InChI=1S/C18H16ClN3O/c1-22-11-13(5-2-12-3-7-15(20)8-4-12)18(21-22)16-10-14(19)6-9-17(16)23/h3-4,6-10,13,23H,11,20H2,1H3. The minimum absolute atomic E-state index is 0.0954. The van der Waals surface area contributed by atoms with Crippen molar-refractivity contribution in [1.82, 2.24) is 5.01 Å². The predicted octanol–water partition coefficient (Wildman–Crippen LogP) is 2.95. The van der Waals surface area contributed by atoms with Gasteiger partial charge in [-0.1, -0.05) is 23.4 Å². The molecular formula is C18H16ClN3O. The topological polar surface area (TPSA) is 61.8 Å². The normalized spacial score (nSPS) is 16.7. The van der Waals surface area contributed by atoms with Crippen LogP contribution < -0.4 is 5.73 Å². The van der Waals surface area contributed by atoms with E-state index in [1.807, 2.05) is 36.3 Å². The average molecular weight is 326 g/mol. The van der Waals surface area contributed by atoms with E-state index in [0.717, 1.165) is 11.3 Å². The molecule has 0 spiro atoms. The highest BCUT2D eigenvalue weighted by Gasteiger charge is 2.26. The van der Waals surface area contributed by atoms with Crippen LogP contribution in [0.25, 0.3) is 0 Å². The number of phenols is 1. The van der Waals surface area contributed by atoms with E-state index < -0.39 is 0 Å². The number of halogens is 1. The van der Waals surface area contributed by atoms with Gasteiger partial charge in [0.1, 0.15) is 5.75 Å². The van der Waals surface area contributed by atoms with Crippen LogP contribution in [0.5, 0.6) is 5.75 Å². The lowest BCUT2D eigenvalue weighted by molar-refractivity contribution is 0.378. The van der Waals surface area contributed by atoms with Crippen LogP contribution in [0.3, 0.4) is 0 Å². The van der Waals surface area contributed by atoms with Gasteiger partial charge in [-0.2, -0.15) is 5.10 Å². The second-order valence-corrected chi connectivity index (χ2v) is 5.87. The van der Waals surface area contributed by atoms with E-state index in [-0.39, 0.29) is 11.7 Å². The van der Waals surface area contributed by atoms with E-state index >= 15 is 0 Å². The minimum Gasteiger partial charge on any atom is -0.507 e. The monoisotopic (exact) mass is 325 g/mol. The van der Waals surface area contributed by atoms with E-state index in [2.05, 4.69) is 16.9 Å². The highest BCUT2D eigenvalue weighted by molar-refractivity contribution is 6.31. The summed E-state index contributed by atoms with van der Waals surface area (Å²) in [5.74, 6) is 6.43. The van der Waals surface area contributed by atoms with Crippen molar-refractivity contribution < 1.29 is 5.11 Å². The summed E-state index contributed by atoms with van der Waals surface area (Å²) in [6.45, 7) is 0.670. The van der Waals surface area contributed by atoms with Gasteiger partial charge in [0.05, 0.1) is 18.2 Å². The highest BCUT2D eigenvalue weighted by Crippen LogP contribution is 2.27. The van der Waals surface area contributed by atoms with E-state index in [4.69, 9.17) is 17.3 Å². The zero-order chi connectivity index (χ0) is 16.4. The second-order valence-electron chi connectivity index (χ2n) is 5.43. The number of benzene rings is 2. The molecule has 1 atom stereocenters. The van der Waals surface area contributed by atoms with Gasteiger partial charge in [0.15, 0.2) is 0 Å². The molecule has 1 heterocycles. The van der Waals surface area contributed by atoms with Crippen LogP contribution in [0.4, 0.5) is 5.69 Å². The van der Waals surface area contributed by atoms with Crippen molar-refractivity contribution >= 4 is 23.0 Å². The number of nitrogens with zero attached hydrogens (tertiary/aromatic N) is 2. The first-order valence-corrected chi connectivity index (χ1v) is 7.56. The molecule has 4 nitrogen and oxygen atoms in total. The Kier molecular flexibility index (Phi) is 4.14. The number of rotatable bonds is 1. The Labute approximate surface area is 140 Å². The number of nitrogen functional groups attached to an aromatic ring is 1. The SMILES string of the molecule is CN1CC(C#Cc2ccc(N)cc2)C(c2cc(Cl)ccc2O)=N1. The molecule has 1 aliphatic rings. The molecule has 0 saturated carbocycles. The summed E-state index contributed by atoms with van der Waals surface area (Å²) >= 11 is 6.04. The summed E-state index contributed by atoms with van der Waals surface area (Å²) in [6, 6.07) is 12.3. The lowest BCUT2D eigenvalue weighted by atomic mass is 9.97. The van der Waals surface area contributed by atoms with Gasteiger partial charge in [0.25, 0.3) is 0 Å². The second kappa shape index (κ2) is 6.23. The molecule has 2 aromatic carbocycles. The Bertz CT molecular complexity index is 818. The molecule has 1 aliphatic heterocycles. The summed E-state index contributed by atoms with van der Waals surface area (Å²) in [5, 5.41) is 16.9. The maximum absolute atomic E-state index is 10.1. The maximum Gasteiger partial charge on any atom is 0.124 e. The Morgan fingerprint density at radius 2 is 2.00 bits per heavy atom. The van der Waals surface area contributed by atoms with Crippen molar-refractivity contribution in [3.8, 4) is 17.6 Å². The van der Waals surface area contributed by atoms with Gasteiger partial charge in [-0.3, -0.25) is 5.01 Å². The zero-order valence-corrected chi connectivity index (χ0v) is 13.4. The number of anilines is 1. The minimum atomic E-state index is -0.0954. The molecular weight excluding hydrogens is 310 g/mol. The van der Waals surface area contributed by atoms with Gasteiger partial charge in [0, 0.05) is 28.9 Å². The van der Waals surface area contributed by atoms with E-state index in [0.29, 0.717) is 22.8 Å². The van der Waals surface area contributed by atoms with Crippen molar-refractivity contribution in [2.24, 2.45) is 11.0 Å². The third kappa shape index (κ3) is 3.41. The largest absolute Gasteiger partial charge is 0.507 e. The summed E-state index contributed by atoms with van der Waals surface area (Å²) in [7, 11) is 1.88. The molecule has 0 bridgehead atoms. The maximum atomic E-state index is 10.1. The first-order chi connectivity index (χ1) is 11.0. The van der Waals surface area contributed by atoms with Crippen LogP contribution in [-0.2, 0) is 0 Å². The van der Waals surface area contributed by atoms with E-state index in [9.17, 15) is 5.11 Å². The molecule has 0 aromatic heterocycles. The lowest BCUT2D eigenvalue weighted by Crippen LogP contribution is -2.16. The molecule has 3 rings (SSSR count). The quantitative estimate of drug-likeness (QED) is 0.626. The van der Waals surface area contributed by atoms with Crippen molar-refractivity contribution in [3.63, 3.8) is 0 Å². The van der Waals surface area contributed by atoms with Crippen LogP contribution in [0.15, 0.2) is 47.6 Å². The van der Waals surface area contributed by atoms with Gasteiger partial charge < -0.3 is 10.8 Å². The predicted molar refractivity (Wildman–Crippen MR) is 93.5 cm³/mol. The molecule has 2 aromatic rings. The molecule has 0 radical (unpaired) electrons. The van der Waals surface area contributed by atoms with Crippen LogP contribution in [0.1, 0.15) is 11.1 Å². The summed E-state index contributed by atoms with van der Waals surface area (Å²) in [4.78, 5) is 0. The fourth-order valence-corrected chi connectivity index (χ4v) is 2.62. The molecule has 0 fully saturated rings. The first-order valence-electron chi connectivity index (χ1n) is 7.18. The van der Waals surface area contributed by atoms with Gasteiger partial charge >= 0.3 is 0 Å². The lowest BCUT2D eigenvalue weighted by Gasteiger charge is -2.08. The van der Waals surface area contributed by atoms with Crippen molar-refractivity contribution in [3.05, 3.63) is 58.6 Å². The molecule has 3 N–H and O–H groups in total. The van der Waals surface area contributed by atoms with Gasteiger partial charge in [0.2, 0.25) is 0 Å². The van der Waals surface area contributed by atoms with Gasteiger partial charge in [-0.25, -0.2) is 0 Å². The number of hydrogen-bond donors (Lipinski definition) is 2. The van der Waals surface area contributed by atoms with E-state index in [1.54, 1.807) is 18.2 Å². The molecule has 0 saturated heterocycles. The summed E-state index contributed by atoms with van der Waals surface area (Å²) < 4.78 is 0. The van der Waals surface area contributed by atoms with Crippen molar-refractivity contribution in [2.75, 3.05) is 19.3 Å². The van der Waals surface area contributed by atoms with Crippen molar-refractivity contribution in [1.29, 1.82) is 0 Å². The van der Waals surface area contributed by atoms with Gasteiger partial charge in [-0.15, -0.1) is 0 Å². The number of hydrazone groups is 1. The Morgan fingerprint density at radius 3 is 2.74 bits per heavy atom. The molecule has 116 valence electrons. The molecule has 0 amide bonds.